The van der Waals surface area contributed by atoms with E-state index in [9.17, 15) is 9.59 Å². The SMILES string of the molecule is COC(=O)c1ccc(C(=O)NCc2nccnc2-c2ccco2)cc1. The molecule has 0 atom stereocenters. The smallest absolute Gasteiger partial charge is 0.337 e. The molecule has 2 heterocycles. The minimum absolute atomic E-state index is 0.196. The second kappa shape index (κ2) is 7.39. The van der Waals surface area contributed by atoms with Gasteiger partial charge in [-0.05, 0) is 36.4 Å². The predicted octanol–water partition coefficient (Wildman–Crippen LogP) is 2.45. The number of hydrogen-bond donors (Lipinski definition) is 1. The van der Waals surface area contributed by atoms with E-state index in [1.165, 1.54) is 19.2 Å². The first kappa shape index (κ1) is 16.4. The summed E-state index contributed by atoms with van der Waals surface area (Å²) in [7, 11) is 1.31. The second-order valence-electron chi connectivity index (χ2n) is 5.08. The zero-order valence-electron chi connectivity index (χ0n) is 13.4. The lowest BCUT2D eigenvalue weighted by Gasteiger charge is -2.08. The molecule has 3 rings (SSSR count). The number of nitrogens with one attached hydrogen (secondary N) is 1. The summed E-state index contributed by atoms with van der Waals surface area (Å²) in [5, 5.41) is 2.78. The van der Waals surface area contributed by atoms with Gasteiger partial charge in [-0.25, -0.2) is 9.78 Å². The third-order valence-electron chi connectivity index (χ3n) is 3.51. The van der Waals surface area contributed by atoms with Crippen LogP contribution < -0.4 is 5.32 Å². The van der Waals surface area contributed by atoms with Crippen LogP contribution in [0.3, 0.4) is 0 Å². The van der Waals surface area contributed by atoms with Crippen molar-refractivity contribution in [2.45, 2.75) is 6.54 Å². The van der Waals surface area contributed by atoms with E-state index in [0.29, 0.717) is 28.3 Å². The lowest BCUT2D eigenvalue weighted by molar-refractivity contribution is 0.0600. The molecule has 1 aromatic carbocycles. The molecule has 0 saturated heterocycles. The summed E-state index contributed by atoms with van der Waals surface area (Å²) >= 11 is 0. The number of esters is 1. The van der Waals surface area contributed by atoms with Gasteiger partial charge in [-0.15, -0.1) is 0 Å². The number of carbonyl (C=O) groups is 2. The second-order valence-corrected chi connectivity index (χ2v) is 5.08. The molecule has 0 saturated carbocycles. The number of amides is 1. The first-order valence-electron chi connectivity index (χ1n) is 7.49. The molecule has 7 nitrogen and oxygen atoms in total. The van der Waals surface area contributed by atoms with Gasteiger partial charge in [0.05, 0.1) is 31.2 Å². The average Bonchev–Trinajstić information content (AvgIpc) is 3.20. The molecule has 1 N–H and O–H groups in total. The Labute approximate surface area is 143 Å². The zero-order valence-corrected chi connectivity index (χ0v) is 13.4. The van der Waals surface area contributed by atoms with E-state index in [2.05, 4.69) is 20.0 Å². The standard InChI is InChI=1S/C18H15N3O4/c1-24-18(23)13-6-4-12(5-7-13)17(22)21-11-14-16(20-9-8-19-14)15-3-2-10-25-15/h2-10H,11H2,1H3,(H,21,22). The van der Waals surface area contributed by atoms with E-state index in [-0.39, 0.29) is 12.5 Å². The number of methoxy groups -OCH3 is 1. The molecule has 3 aromatic rings. The number of carbonyl (C=O) groups excluding carboxylic acids is 2. The Morgan fingerprint density at radius 1 is 1.08 bits per heavy atom. The Kier molecular flexibility index (Phi) is 4.84. The molecule has 7 heteroatoms. The average molecular weight is 337 g/mol. The van der Waals surface area contributed by atoms with E-state index in [1.54, 1.807) is 42.9 Å². The molecule has 126 valence electrons. The topological polar surface area (TPSA) is 94.3 Å². The van der Waals surface area contributed by atoms with E-state index < -0.39 is 5.97 Å². The van der Waals surface area contributed by atoms with Crippen LogP contribution >= 0.6 is 0 Å². The van der Waals surface area contributed by atoms with Gasteiger partial charge in [-0.2, -0.15) is 0 Å². The van der Waals surface area contributed by atoms with Crippen molar-refractivity contribution in [3.8, 4) is 11.5 Å². The summed E-state index contributed by atoms with van der Waals surface area (Å²) in [5.41, 5.74) is 1.98. The van der Waals surface area contributed by atoms with Crippen LogP contribution in [-0.2, 0) is 11.3 Å². The summed E-state index contributed by atoms with van der Waals surface area (Å²) in [4.78, 5) is 32.2. The number of furan rings is 1. The lowest BCUT2D eigenvalue weighted by Crippen LogP contribution is -2.24. The van der Waals surface area contributed by atoms with Crippen molar-refractivity contribution in [3.63, 3.8) is 0 Å². The van der Waals surface area contributed by atoms with Crippen LogP contribution in [0.25, 0.3) is 11.5 Å². The fourth-order valence-electron chi connectivity index (χ4n) is 2.26. The van der Waals surface area contributed by atoms with E-state index in [1.807, 2.05) is 0 Å². The van der Waals surface area contributed by atoms with Gasteiger partial charge in [-0.1, -0.05) is 0 Å². The number of hydrogen-bond acceptors (Lipinski definition) is 6. The normalized spacial score (nSPS) is 10.3. The van der Waals surface area contributed by atoms with Crippen molar-refractivity contribution in [1.29, 1.82) is 0 Å². The van der Waals surface area contributed by atoms with Crippen molar-refractivity contribution in [3.05, 3.63) is 71.9 Å². The maximum atomic E-state index is 12.3. The molecule has 0 radical (unpaired) electrons. The van der Waals surface area contributed by atoms with Crippen molar-refractivity contribution in [2.75, 3.05) is 7.11 Å². The van der Waals surface area contributed by atoms with Crippen molar-refractivity contribution >= 4 is 11.9 Å². The van der Waals surface area contributed by atoms with Crippen molar-refractivity contribution in [1.82, 2.24) is 15.3 Å². The van der Waals surface area contributed by atoms with Gasteiger partial charge < -0.3 is 14.5 Å². The van der Waals surface area contributed by atoms with E-state index in [0.717, 1.165) is 0 Å². The molecule has 0 aliphatic carbocycles. The number of ether oxygens (including phenoxy) is 1. The summed E-state index contributed by atoms with van der Waals surface area (Å²) in [5.74, 6) is -0.151. The Bertz CT molecular complexity index is 874. The molecule has 1 amide bonds. The Balaban J connectivity index is 1.70. The monoisotopic (exact) mass is 337 g/mol. The van der Waals surface area contributed by atoms with Gasteiger partial charge in [-0.3, -0.25) is 9.78 Å². The lowest BCUT2D eigenvalue weighted by atomic mass is 10.1. The maximum Gasteiger partial charge on any atom is 0.337 e. The summed E-state index contributed by atoms with van der Waals surface area (Å²) < 4.78 is 9.97. The van der Waals surface area contributed by atoms with E-state index >= 15 is 0 Å². The Morgan fingerprint density at radius 3 is 2.48 bits per heavy atom. The molecule has 0 fully saturated rings. The Hall–Kier alpha value is -3.48. The third kappa shape index (κ3) is 3.72. The van der Waals surface area contributed by atoms with Gasteiger partial charge in [0.1, 0.15) is 5.69 Å². The molecule has 0 aliphatic rings. The molecule has 0 aliphatic heterocycles. The fourth-order valence-corrected chi connectivity index (χ4v) is 2.26. The highest BCUT2D eigenvalue weighted by atomic mass is 16.5. The predicted molar refractivity (Wildman–Crippen MR) is 88.7 cm³/mol. The summed E-state index contributed by atoms with van der Waals surface area (Å²) in [6.07, 6.45) is 4.67. The quantitative estimate of drug-likeness (QED) is 0.719. The minimum atomic E-state index is -0.449. The number of nitrogens with zero attached hydrogens (tertiary/aromatic N) is 2. The summed E-state index contributed by atoms with van der Waals surface area (Å²) in [6.45, 7) is 0.196. The molecule has 2 aromatic heterocycles. The molecular weight excluding hydrogens is 322 g/mol. The molecule has 0 spiro atoms. The van der Waals surface area contributed by atoms with Gasteiger partial charge in [0.15, 0.2) is 5.76 Å². The van der Waals surface area contributed by atoms with Crippen LogP contribution in [0.5, 0.6) is 0 Å². The third-order valence-corrected chi connectivity index (χ3v) is 3.51. The van der Waals surface area contributed by atoms with Gasteiger partial charge in [0, 0.05) is 18.0 Å². The van der Waals surface area contributed by atoms with Crippen LogP contribution in [0.1, 0.15) is 26.4 Å². The highest BCUT2D eigenvalue weighted by molar-refractivity contribution is 5.96. The first-order chi connectivity index (χ1) is 12.2. The van der Waals surface area contributed by atoms with Gasteiger partial charge in [0.25, 0.3) is 5.91 Å². The fraction of sp³-hybridized carbons (Fsp3) is 0.111. The van der Waals surface area contributed by atoms with Crippen molar-refractivity contribution < 1.29 is 18.7 Å². The maximum absolute atomic E-state index is 12.3. The van der Waals surface area contributed by atoms with Crippen LogP contribution in [0.15, 0.2) is 59.5 Å². The number of rotatable bonds is 5. The highest BCUT2D eigenvalue weighted by Gasteiger charge is 2.13. The van der Waals surface area contributed by atoms with Gasteiger partial charge in [0.2, 0.25) is 0 Å². The molecular formula is C18H15N3O4. The van der Waals surface area contributed by atoms with E-state index in [4.69, 9.17) is 4.42 Å². The summed E-state index contributed by atoms with van der Waals surface area (Å²) in [6, 6.07) is 9.74. The van der Waals surface area contributed by atoms with Crippen molar-refractivity contribution in [2.24, 2.45) is 0 Å². The molecule has 0 unspecified atom stereocenters. The number of benzene rings is 1. The zero-order chi connectivity index (χ0) is 17.6. The van der Waals surface area contributed by atoms with Gasteiger partial charge >= 0.3 is 5.97 Å². The van der Waals surface area contributed by atoms with Crippen LogP contribution in [0, 0.1) is 0 Å². The Morgan fingerprint density at radius 2 is 1.80 bits per heavy atom. The minimum Gasteiger partial charge on any atom is -0.465 e. The van der Waals surface area contributed by atoms with Crippen LogP contribution in [-0.4, -0.2) is 29.0 Å². The highest BCUT2D eigenvalue weighted by Crippen LogP contribution is 2.19. The van der Waals surface area contributed by atoms with Crippen LogP contribution in [0.4, 0.5) is 0 Å². The largest absolute Gasteiger partial charge is 0.465 e. The van der Waals surface area contributed by atoms with Crippen LogP contribution in [0.2, 0.25) is 0 Å². The first-order valence-corrected chi connectivity index (χ1v) is 7.49. The molecule has 25 heavy (non-hydrogen) atoms. The number of aromatic nitrogens is 2. The molecule has 0 bridgehead atoms.